The van der Waals surface area contributed by atoms with Crippen LogP contribution in [0.2, 0.25) is 0 Å². The first kappa shape index (κ1) is 24.2. The van der Waals surface area contributed by atoms with Gasteiger partial charge in [-0.2, -0.15) is 0 Å². The lowest BCUT2D eigenvalue weighted by molar-refractivity contribution is -0.125. The number of sulfonamides is 1. The maximum Gasteiger partial charge on any atom is 0.253 e. The molecule has 2 aliphatic heterocycles. The number of benzene rings is 1. The molecule has 0 radical (unpaired) electrons. The molecule has 0 unspecified atom stereocenters. The van der Waals surface area contributed by atoms with Crippen molar-refractivity contribution >= 4 is 27.5 Å². The minimum Gasteiger partial charge on any atom is -0.395 e. The van der Waals surface area contributed by atoms with Crippen LogP contribution in [0.25, 0.3) is 0 Å². The molecule has 3 aliphatic rings. The van der Waals surface area contributed by atoms with Crippen molar-refractivity contribution in [1.29, 1.82) is 0 Å². The first-order valence-corrected chi connectivity index (χ1v) is 13.8. The van der Waals surface area contributed by atoms with Gasteiger partial charge in [-0.3, -0.25) is 9.79 Å². The average molecular weight is 477 g/mol. The molecule has 1 aromatic carbocycles. The number of anilines is 1. The summed E-state index contributed by atoms with van der Waals surface area (Å²) in [5.74, 6) is 1.16. The number of piperidine rings is 1. The van der Waals surface area contributed by atoms with Crippen LogP contribution in [0.15, 0.2) is 23.2 Å². The number of aliphatic hydroxyl groups is 1. The summed E-state index contributed by atoms with van der Waals surface area (Å²) in [5, 5.41) is 15.2. The Bertz CT molecular complexity index is 994. The molecule has 1 saturated heterocycles. The van der Waals surface area contributed by atoms with Gasteiger partial charge in [0.15, 0.2) is 0 Å². The van der Waals surface area contributed by atoms with Crippen LogP contribution in [0.3, 0.4) is 0 Å². The van der Waals surface area contributed by atoms with Crippen molar-refractivity contribution in [1.82, 2.24) is 9.62 Å². The number of aliphatic imine (C=N–C) groups is 1. The highest BCUT2D eigenvalue weighted by Crippen LogP contribution is 2.35. The van der Waals surface area contributed by atoms with E-state index in [1.54, 1.807) is 0 Å². The van der Waals surface area contributed by atoms with Crippen LogP contribution in [-0.4, -0.2) is 67.1 Å². The zero-order valence-corrected chi connectivity index (χ0v) is 20.3. The number of hydrogen-bond donors (Lipinski definition) is 3. The molecule has 1 spiro atoms. The molecule has 3 N–H and O–H groups in total. The van der Waals surface area contributed by atoms with E-state index in [0.717, 1.165) is 35.5 Å². The highest BCUT2D eigenvalue weighted by atomic mass is 32.2. The van der Waals surface area contributed by atoms with Gasteiger partial charge in [0.2, 0.25) is 10.0 Å². The molecule has 1 aliphatic carbocycles. The van der Waals surface area contributed by atoms with Gasteiger partial charge in [0.25, 0.3) is 5.91 Å². The fourth-order valence-electron chi connectivity index (χ4n) is 5.20. The Hall–Kier alpha value is -1.97. The van der Waals surface area contributed by atoms with Gasteiger partial charge in [0.1, 0.15) is 11.4 Å². The minimum absolute atomic E-state index is 0.0348. The van der Waals surface area contributed by atoms with Gasteiger partial charge >= 0.3 is 0 Å². The summed E-state index contributed by atoms with van der Waals surface area (Å²) in [4.78, 5) is 17.6. The molecule has 0 aromatic heterocycles. The molecular weight excluding hydrogens is 440 g/mol. The van der Waals surface area contributed by atoms with Crippen LogP contribution in [0.5, 0.6) is 0 Å². The number of nitrogens with one attached hydrogen (secondary N) is 2. The molecule has 0 bridgehead atoms. The lowest BCUT2D eigenvalue weighted by atomic mass is 9.88. The molecule has 182 valence electrons. The van der Waals surface area contributed by atoms with Crippen molar-refractivity contribution in [3.8, 4) is 0 Å². The van der Waals surface area contributed by atoms with Crippen LogP contribution in [0.1, 0.15) is 56.1 Å². The van der Waals surface area contributed by atoms with Crippen molar-refractivity contribution in [3.63, 3.8) is 0 Å². The van der Waals surface area contributed by atoms with E-state index < -0.39 is 15.6 Å². The molecule has 0 atom stereocenters. The van der Waals surface area contributed by atoms with E-state index in [2.05, 4.69) is 10.6 Å². The monoisotopic (exact) mass is 476 g/mol. The zero-order valence-electron chi connectivity index (χ0n) is 19.5. The molecule has 1 saturated carbocycles. The van der Waals surface area contributed by atoms with Crippen LogP contribution < -0.4 is 10.6 Å². The van der Waals surface area contributed by atoms with Gasteiger partial charge in [-0.05, 0) is 62.3 Å². The number of carbonyl (C=O) groups is 1. The fraction of sp³-hybridized carbons (Fsp3) is 0.667. The summed E-state index contributed by atoms with van der Waals surface area (Å²) < 4.78 is 27.7. The Morgan fingerprint density at radius 2 is 1.94 bits per heavy atom. The number of aliphatic hydroxyl groups excluding tert-OH is 1. The van der Waals surface area contributed by atoms with Crippen molar-refractivity contribution in [2.45, 2.75) is 63.8 Å². The van der Waals surface area contributed by atoms with Crippen LogP contribution >= 0.6 is 0 Å². The minimum atomic E-state index is -3.43. The van der Waals surface area contributed by atoms with E-state index in [0.29, 0.717) is 44.8 Å². The van der Waals surface area contributed by atoms with Crippen LogP contribution in [0.4, 0.5) is 5.69 Å². The Balaban J connectivity index is 1.36. The van der Waals surface area contributed by atoms with Crippen molar-refractivity contribution in [3.05, 3.63) is 29.3 Å². The van der Waals surface area contributed by atoms with E-state index in [1.807, 2.05) is 25.1 Å². The first-order valence-electron chi connectivity index (χ1n) is 12.2. The van der Waals surface area contributed by atoms with Crippen molar-refractivity contribution in [2.24, 2.45) is 10.9 Å². The van der Waals surface area contributed by atoms with Gasteiger partial charge in [0, 0.05) is 31.2 Å². The third-order valence-electron chi connectivity index (χ3n) is 7.35. The molecule has 1 aromatic rings. The molecule has 9 heteroatoms. The predicted octanol–water partition coefficient (Wildman–Crippen LogP) is 2.21. The number of amides is 1. The smallest absolute Gasteiger partial charge is 0.253 e. The quantitative estimate of drug-likeness (QED) is 0.533. The molecule has 8 nitrogen and oxygen atoms in total. The van der Waals surface area contributed by atoms with Gasteiger partial charge in [0.05, 0.1) is 12.4 Å². The van der Waals surface area contributed by atoms with E-state index in [1.165, 1.54) is 23.6 Å². The summed E-state index contributed by atoms with van der Waals surface area (Å²) in [6, 6.07) is 5.85. The predicted molar refractivity (Wildman–Crippen MR) is 130 cm³/mol. The summed E-state index contributed by atoms with van der Waals surface area (Å²) >= 11 is 0. The molecule has 4 rings (SSSR count). The summed E-state index contributed by atoms with van der Waals surface area (Å²) in [6.07, 6.45) is 7.06. The summed E-state index contributed by atoms with van der Waals surface area (Å²) in [6.45, 7) is 3.12. The Morgan fingerprint density at radius 1 is 1.21 bits per heavy atom. The molecule has 33 heavy (non-hydrogen) atoms. The topological polar surface area (TPSA) is 111 Å². The highest BCUT2D eigenvalue weighted by Gasteiger charge is 2.48. The van der Waals surface area contributed by atoms with Gasteiger partial charge in [-0.1, -0.05) is 25.3 Å². The fourth-order valence-corrected chi connectivity index (χ4v) is 6.68. The number of aryl methyl sites for hydroxylation is 2. The second-order valence-electron chi connectivity index (χ2n) is 9.57. The Morgan fingerprint density at radius 3 is 2.64 bits per heavy atom. The molecule has 2 fully saturated rings. The zero-order chi connectivity index (χ0) is 23.5. The number of carbonyl (C=O) groups excluding carboxylic acids is 1. The third-order valence-corrected chi connectivity index (χ3v) is 9.22. The SMILES string of the molecule is Cc1ccc(NCCO)cc1CCS(=O)(=O)N1CCC2(CC1)N=C(C1CCCCC1)NC2=O. The highest BCUT2D eigenvalue weighted by molar-refractivity contribution is 7.89. The standard InChI is InChI=1S/C24H36N4O4S/c1-18-7-8-21(25-12-15-29)17-20(18)9-16-33(31,32)28-13-10-24(11-14-28)23(30)26-22(27-24)19-5-3-2-4-6-19/h7-8,17,19,25,29H,2-6,9-16H2,1H3,(H,26,27,30). The third kappa shape index (κ3) is 5.41. The molecule has 1 amide bonds. The maximum atomic E-state index is 13.1. The van der Waals surface area contributed by atoms with Gasteiger partial charge in [-0.15, -0.1) is 0 Å². The van der Waals surface area contributed by atoms with Gasteiger partial charge in [-0.25, -0.2) is 12.7 Å². The number of hydrogen-bond acceptors (Lipinski definition) is 6. The number of rotatable bonds is 8. The number of amidine groups is 1. The molecule has 2 heterocycles. The van der Waals surface area contributed by atoms with E-state index in [-0.39, 0.29) is 18.3 Å². The lowest BCUT2D eigenvalue weighted by Gasteiger charge is -2.34. The molecular formula is C24H36N4O4S. The number of nitrogens with zero attached hydrogens (tertiary/aromatic N) is 2. The second-order valence-corrected chi connectivity index (χ2v) is 11.7. The Labute approximate surface area is 196 Å². The van der Waals surface area contributed by atoms with E-state index in [4.69, 9.17) is 10.1 Å². The second kappa shape index (κ2) is 10.1. The normalized spacial score (nSPS) is 21.8. The maximum absolute atomic E-state index is 13.1. The van der Waals surface area contributed by atoms with E-state index in [9.17, 15) is 13.2 Å². The lowest BCUT2D eigenvalue weighted by Crippen LogP contribution is -2.51. The summed E-state index contributed by atoms with van der Waals surface area (Å²) in [5.41, 5.74) is 2.11. The first-order chi connectivity index (χ1) is 15.8. The van der Waals surface area contributed by atoms with Crippen molar-refractivity contribution in [2.75, 3.05) is 37.3 Å². The summed E-state index contributed by atoms with van der Waals surface area (Å²) in [7, 11) is -3.43. The van der Waals surface area contributed by atoms with E-state index >= 15 is 0 Å². The van der Waals surface area contributed by atoms with Crippen molar-refractivity contribution < 1.29 is 18.3 Å². The van der Waals surface area contributed by atoms with Crippen LogP contribution in [-0.2, 0) is 21.2 Å². The largest absolute Gasteiger partial charge is 0.395 e. The Kier molecular flexibility index (Phi) is 7.40. The van der Waals surface area contributed by atoms with Gasteiger partial charge < -0.3 is 15.7 Å². The average Bonchev–Trinajstić information content (AvgIpc) is 3.14. The van der Waals surface area contributed by atoms with Crippen LogP contribution in [0, 0.1) is 12.8 Å².